The maximum absolute atomic E-state index is 5.49. The van der Waals surface area contributed by atoms with E-state index in [9.17, 15) is 0 Å². The molecule has 118 valence electrons. The Morgan fingerprint density at radius 3 is 2.92 bits per heavy atom. The Balaban J connectivity index is 1.50. The number of nitrogens with zero attached hydrogens (tertiary/aromatic N) is 3. The highest BCUT2D eigenvalue weighted by Crippen LogP contribution is 2.37. The molecular formula is C19H15N3O2. The van der Waals surface area contributed by atoms with Gasteiger partial charge in [-0.05, 0) is 42.8 Å². The highest BCUT2D eigenvalue weighted by atomic mass is 16.7. The van der Waals surface area contributed by atoms with E-state index >= 15 is 0 Å². The van der Waals surface area contributed by atoms with Gasteiger partial charge in [0, 0.05) is 23.6 Å². The molecule has 5 rings (SSSR count). The molecule has 0 saturated heterocycles. The molecule has 4 aliphatic rings. The van der Waals surface area contributed by atoms with Crippen LogP contribution in [0.5, 0.6) is 11.5 Å². The Morgan fingerprint density at radius 1 is 1.12 bits per heavy atom. The van der Waals surface area contributed by atoms with Gasteiger partial charge in [-0.25, -0.2) is 0 Å². The number of hydrogen-bond donors (Lipinski definition) is 0. The monoisotopic (exact) mass is 317 g/mol. The second-order valence-corrected chi connectivity index (χ2v) is 6.10. The summed E-state index contributed by atoms with van der Waals surface area (Å²) in [5, 5.41) is 0. The second kappa shape index (κ2) is 5.03. The lowest BCUT2D eigenvalue weighted by Crippen LogP contribution is -2.22. The van der Waals surface area contributed by atoms with Crippen LogP contribution in [0.3, 0.4) is 0 Å². The fourth-order valence-corrected chi connectivity index (χ4v) is 3.24. The number of allylic oxidation sites excluding steroid dienone is 2. The van der Waals surface area contributed by atoms with E-state index in [2.05, 4.69) is 23.0 Å². The van der Waals surface area contributed by atoms with Crippen molar-refractivity contribution in [3.8, 4) is 11.5 Å². The van der Waals surface area contributed by atoms with Crippen molar-refractivity contribution in [1.82, 2.24) is 0 Å². The molecule has 5 nitrogen and oxygen atoms in total. The molecule has 4 heterocycles. The zero-order chi connectivity index (χ0) is 16.1. The molecule has 4 aliphatic heterocycles. The van der Waals surface area contributed by atoms with Crippen LogP contribution in [0.25, 0.3) is 5.57 Å². The molecule has 1 aromatic rings. The first-order valence-corrected chi connectivity index (χ1v) is 7.97. The fourth-order valence-electron chi connectivity index (χ4n) is 3.24. The van der Waals surface area contributed by atoms with Gasteiger partial charge in [0.1, 0.15) is 6.04 Å². The van der Waals surface area contributed by atoms with Crippen molar-refractivity contribution in [2.45, 2.75) is 19.0 Å². The first-order valence-electron chi connectivity index (χ1n) is 7.97. The van der Waals surface area contributed by atoms with Crippen LogP contribution in [0.15, 0.2) is 63.2 Å². The summed E-state index contributed by atoms with van der Waals surface area (Å²) in [6.45, 7) is 2.34. The highest BCUT2D eigenvalue weighted by molar-refractivity contribution is 6.27. The second-order valence-electron chi connectivity index (χ2n) is 6.10. The van der Waals surface area contributed by atoms with Gasteiger partial charge in [-0.1, -0.05) is 6.07 Å². The van der Waals surface area contributed by atoms with Crippen LogP contribution in [-0.2, 0) is 0 Å². The summed E-state index contributed by atoms with van der Waals surface area (Å²) in [6.07, 6.45) is 9.98. The molecule has 0 saturated carbocycles. The molecule has 0 bridgehead atoms. The van der Waals surface area contributed by atoms with Gasteiger partial charge in [-0.15, -0.1) is 0 Å². The lowest BCUT2D eigenvalue weighted by atomic mass is 9.94. The standard InChI is InChI=1S/C19H15N3O2/c1-11-6-13(8-20-11)15-3-4-16-19(22-15)14(9-21-16)12-2-5-17-18(7-12)24-10-23-17/h2-9,11,19H,10H2,1H3. The Bertz CT molecular complexity index is 919. The Morgan fingerprint density at radius 2 is 2.04 bits per heavy atom. The lowest BCUT2D eigenvalue weighted by molar-refractivity contribution is 0.174. The molecule has 2 unspecified atom stereocenters. The zero-order valence-corrected chi connectivity index (χ0v) is 13.1. The average molecular weight is 317 g/mol. The number of fused-ring (bicyclic) bond motifs is 2. The van der Waals surface area contributed by atoms with Crippen molar-refractivity contribution in [3.05, 3.63) is 53.8 Å². The van der Waals surface area contributed by atoms with E-state index in [-0.39, 0.29) is 18.9 Å². The molecular weight excluding hydrogens is 302 g/mol. The van der Waals surface area contributed by atoms with Crippen molar-refractivity contribution in [3.63, 3.8) is 0 Å². The van der Waals surface area contributed by atoms with Crippen LogP contribution in [0.1, 0.15) is 12.5 Å². The highest BCUT2D eigenvalue weighted by Gasteiger charge is 2.29. The van der Waals surface area contributed by atoms with Crippen LogP contribution in [-0.4, -0.2) is 36.5 Å². The summed E-state index contributed by atoms with van der Waals surface area (Å²) in [7, 11) is 0. The van der Waals surface area contributed by atoms with Crippen LogP contribution in [0.2, 0.25) is 0 Å². The van der Waals surface area contributed by atoms with Crippen LogP contribution >= 0.6 is 0 Å². The zero-order valence-electron chi connectivity index (χ0n) is 13.1. The van der Waals surface area contributed by atoms with Crippen molar-refractivity contribution >= 4 is 23.2 Å². The quantitative estimate of drug-likeness (QED) is 0.842. The number of dihydropyridines is 1. The van der Waals surface area contributed by atoms with E-state index in [0.717, 1.165) is 39.6 Å². The maximum Gasteiger partial charge on any atom is 0.231 e. The van der Waals surface area contributed by atoms with E-state index in [0.29, 0.717) is 0 Å². The Hall–Kier alpha value is -2.95. The summed E-state index contributed by atoms with van der Waals surface area (Å²) in [5.74, 6) is 1.56. The molecule has 24 heavy (non-hydrogen) atoms. The first kappa shape index (κ1) is 13.5. The third-order valence-electron chi connectivity index (χ3n) is 4.48. The smallest absolute Gasteiger partial charge is 0.231 e. The first-order chi connectivity index (χ1) is 11.8. The topological polar surface area (TPSA) is 55.5 Å². The van der Waals surface area contributed by atoms with Gasteiger partial charge in [0.25, 0.3) is 0 Å². The van der Waals surface area contributed by atoms with E-state index in [1.54, 1.807) is 0 Å². The van der Waals surface area contributed by atoms with Crippen molar-refractivity contribution in [2.24, 2.45) is 15.0 Å². The van der Waals surface area contributed by atoms with E-state index < -0.39 is 0 Å². The number of aliphatic imine (C=N–C) groups is 3. The maximum atomic E-state index is 5.49. The summed E-state index contributed by atoms with van der Waals surface area (Å²) >= 11 is 0. The largest absolute Gasteiger partial charge is 0.454 e. The van der Waals surface area contributed by atoms with Gasteiger partial charge in [0.2, 0.25) is 6.79 Å². The summed E-state index contributed by atoms with van der Waals surface area (Å²) < 4.78 is 10.9. The summed E-state index contributed by atoms with van der Waals surface area (Å²) in [6, 6.07) is 6.12. The Labute approximate surface area is 139 Å². The molecule has 0 aliphatic carbocycles. The minimum Gasteiger partial charge on any atom is -0.454 e. The molecule has 0 aromatic heterocycles. The molecule has 0 spiro atoms. The minimum absolute atomic E-state index is 0.0735. The van der Waals surface area contributed by atoms with E-state index in [4.69, 9.17) is 14.5 Å². The van der Waals surface area contributed by atoms with Crippen LogP contribution in [0, 0.1) is 0 Å². The minimum atomic E-state index is -0.0735. The van der Waals surface area contributed by atoms with Crippen LogP contribution < -0.4 is 9.47 Å². The number of rotatable bonds is 2. The molecule has 0 radical (unpaired) electrons. The summed E-state index contributed by atoms with van der Waals surface area (Å²) in [4.78, 5) is 13.8. The number of benzene rings is 1. The molecule has 1 aromatic carbocycles. The van der Waals surface area contributed by atoms with Gasteiger partial charge in [0.05, 0.1) is 17.5 Å². The molecule has 5 heteroatoms. The molecule has 0 N–H and O–H groups in total. The summed E-state index contributed by atoms with van der Waals surface area (Å²) in [5.41, 5.74) is 5.14. The van der Waals surface area contributed by atoms with Gasteiger partial charge < -0.3 is 9.47 Å². The van der Waals surface area contributed by atoms with Gasteiger partial charge in [-0.2, -0.15) is 0 Å². The van der Waals surface area contributed by atoms with E-state index in [1.807, 2.05) is 42.8 Å². The molecule has 2 atom stereocenters. The predicted molar refractivity (Wildman–Crippen MR) is 94.4 cm³/mol. The van der Waals surface area contributed by atoms with Gasteiger partial charge >= 0.3 is 0 Å². The van der Waals surface area contributed by atoms with Crippen LogP contribution in [0.4, 0.5) is 0 Å². The third kappa shape index (κ3) is 2.05. The SMILES string of the molecule is CC1C=C(C2=NC3C(c4ccc5c(c4)OCO5)=CN=C3C=C2)C=N1. The fraction of sp³-hybridized carbons (Fsp3) is 0.211. The average Bonchev–Trinajstić information content (AvgIpc) is 3.32. The van der Waals surface area contributed by atoms with E-state index in [1.165, 1.54) is 0 Å². The molecule has 0 fully saturated rings. The third-order valence-corrected chi connectivity index (χ3v) is 4.48. The lowest BCUT2D eigenvalue weighted by Gasteiger charge is -2.17. The van der Waals surface area contributed by atoms with Crippen molar-refractivity contribution in [1.29, 1.82) is 0 Å². The van der Waals surface area contributed by atoms with Gasteiger partial charge in [-0.3, -0.25) is 15.0 Å². The number of ether oxygens (including phenoxy) is 2. The Kier molecular flexibility index (Phi) is 2.82. The number of hydrogen-bond acceptors (Lipinski definition) is 5. The van der Waals surface area contributed by atoms with Crippen molar-refractivity contribution < 1.29 is 9.47 Å². The van der Waals surface area contributed by atoms with Crippen molar-refractivity contribution in [2.75, 3.05) is 6.79 Å². The molecule has 0 amide bonds. The predicted octanol–water partition coefficient (Wildman–Crippen LogP) is 2.99. The van der Waals surface area contributed by atoms with Gasteiger partial charge in [0.15, 0.2) is 11.5 Å². The normalized spacial score (nSPS) is 26.0.